The molecule has 1 unspecified atom stereocenters. The van der Waals surface area contributed by atoms with Gasteiger partial charge in [0.25, 0.3) is 0 Å². The van der Waals surface area contributed by atoms with Gasteiger partial charge >= 0.3 is 0 Å². The van der Waals surface area contributed by atoms with E-state index in [1.165, 1.54) is 19.1 Å². The molecule has 4 nitrogen and oxygen atoms in total. The van der Waals surface area contributed by atoms with E-state index in [-0.39, 0.29) is 4.90 Å². The van der Waals surface area contributed by atoms with Gasteiger partial charge in [0, 0.05) is 6.92 Å². The second-order valence-corrected chi connectivity index (χ2v) is 7.54. The van der Waals surface area contributed by atoms with Gasteiger partial charge in [-0.1, -0.05) is 60.7 Å². The zero-order valence-electron chi connectivity index (χ0n) is 13.1. The van der Waals surface area contributed by atoms with Crippen molar-refractivity contribution in [1.29, 1.82) is 0 Å². The second kappa shape index (κ2) is 6.45. The number of amides is 1. The fraction of sp³-hybridized carbons (Fsp3) is 0.105. The van der Waals surface area contributed by atoms with Gasteiger partial charge in [0.05, 0.1) is 4.90 Å². The third kappa shape index (κ3) is 3.03. The monoisotopic (exact) mass is 339 g/mol. The number of carbonyl (C=O) groups is 1. The van der Waals surface area contributed by atoms with Crippen LogP contribution in [0.1, 0.15) is 17.9 Å². The Morgan fingerprint density at radius 2 is 1.50 bits per heavy atom. The Balaban J connectivity index is 2.22. The molecule has 0 bridgehead atoms. The minimum atomic E-state index is -3.77. The summed E-state index contributed by atoms with van der Waals surface area (Å²) in [6.07, 6.45) is 0. The van der Waals surface area contributed by atoms with Crippen LogP contribution < -0.4 is 5.32 Å². The van der Waals surface area contributed by atoms with Gasteiger partial charge in [0.2, 0.25) is 15.7 Å². The highest BCUT2D eigenvalue weighted by molar-refractivity contribution is 7.91. The molecule has 0 spiro atoms. The second-order valence-electron chi connectivity index (χ2n) is 5.51. The average Bonchev–Trinajstić information content (AvgIpc) is 2.60. The van der Waals surface area contributed by atoms with E-state index in [2.05, 4.69) is 5.32 Å². The minimum Gasteiger partial charge on any atom is -0.336 e. The number of carbonyl (C=O) groups excluding carboxylic acids is 1. The summed E-state index contributed by atoms with van der Waals surface area (Å²) in [6.45, 7) is 1.32. The van der Waals surface area contributed by atoms with Crippen molar-refractivity contribution in [2.45, 2.75) is 17.2 Å². The average molecular weight is 339 g/mol. The first kappa shape index (κ1) is 16.2. The normalized spacial score (nSPS) is 12.7. The van der Waals surface area contributed by atoms with Crippen molar-refractivity contribution in [2.24, 2.45) is 0 Å². The Bertz CT molecular complexity index is 976. The van der Waals surface area contributed by atoms with Crippen LogP contribution in [0.25, 0.3) is 10.8 Å². The SMILES string of the molecule is CC(=O)NC(c1cccc2ccccc12)S(=O)(=O)c1ccccc1. The third-order valence-corrected chi connectivity index (χ3v) is 5.74. The van der Waals surface area contributed by atoms with Crippen LogP contribution in [-0.4, -0.2) is 14.3 Å². The molecule has 0 saturated carbocycles. The van der Waals surface area contributed by atoms with E-state index in [1.807, 2.05) is 30.3 Å². The summed E-state index contributed by atoms with van der Waals surface area (Å²) in [5, 5.41) is 3.19. The third-order valence-electron chi connectivity index (χ3n) is 3.82. The Morgan fingerprint density at radius 1 is 0.875 bits per heavy atom. The molecular formula is C19H17NO3S. The van der Waals surface area contributed by atoms with Gasteiger partial charge in [0.15, 0.2) is 5.37 Å². The quantitative estimate of drug-likeness (QED) is 0.792. The summed E-state index contributed by atoms with van der Waals surface area (Å²) in [4.78, 5) is 11.8. The van der Waals surface area contributed by atoms with Crippen molar-refractivity contribution in [1.82, 2.24) is 5.32 Å². The van der Waals surface area contributed by atoms with Gasteiger partial charge in [-0.15, -0.1) is 0 Å². The highest BCUT2D eigenvalue weighted by Crippen LogP contribution is 2.31. The lowest BCUT2D eigenvalue weighted by Gasteiger charge is -2.20. The van der Waals surface area contributed by atoms with Gasteiger partial charge in [-0.2, -0.15) is 0 Å². The van der Waals surface area contributed by atoms with Crippen molar-refractivity contribution < 1.29 is 13.2 Å². The van der Waals surface area contributed by atoms with Crippen LogP contribution in [0.4, 0.5) is 0 Å². The highest BCUT2D eigenvalue weighted by Gasteiger charge is 2.30. The van der Waals surface area contributed by atoms with Crippen LogP contribution in [0.2, 0.25) is 0 Å². The minimum absolute atomic E-state index is 0.177. The molecule has 1 amide bonds. The van der Waals surface area contributed by atoms with Crippen molar-refractivity contribution in [3.05, 3.63) is 78.4 Å². The van der Waals surface area contributed by atoms with Gasteiger partial charge in [0.1, 0.15) is 0 Å². The maximum atomic E-state index is 13.1. The van der Waals surface area contributed by atoms with E-state index < -0.39 is 21.1 Å². The zero-order chi connectivity index (χ0) is 17.2. The molecule has 0 saturated heterocycles. The van der Waals surface area contributed by atoms with Gasteiger partial charge in [-0.25, -0.2) is 8.42 Å². The molecule has 0 aromatic heterocycles. The highest BCUT2D eigenvalue weighted by atomic mass is 32.2. The van der Waals surface area contributed by atoms with Gasteiger partial charge in [-0.3, -0.25) is 4.79 Å². The molecule has 0 radical (unpaired) electrons. The molecule has 122 valence electrons. The molecule has 1 atom stereocenters. The lowest BCUT2D eigenvalue weighted by atomic mass is 10.0. The van der Waals surface area contributed by atoms with E-state index in [0.29, 0.717) is 5.56 Å². The number of hydrogen-bond acceptors (Lipinski definition) is 3. The Morgan fingerprint density at radius 3 is 2.21 bits per heavy atom. The summed E-state index contributed by atoms with van der Waals surface area (Å²) in [7, 11) is -3.77. The predicted octanol–water partition coefficient (Wildman–Crippen LogP) is 3.45. The zero-order valence-corrected chi connectivity index (χ0v) is 14.0. The van der Waals surface area contributed by atoms with E-state index >= 15 is 0 Å². The molecule has 0 aliphatic carbocycles. The molecule has 1 N–H and O–H groups in total. The summed E-state index contributed by atoms with van der Waals surface area (Å²) < 4.78 is 26.2. The van der Waals surface area contributed by atoms with E-state index in [0.717, 1.165) is 10.8 Å². The van der Waals surface area contributed by atoms with Crippen LogP contribution in [0, 0.1) is 0 Å². The number of sulfone groups is 1. The van der Waals surface area contributed by atoms with Crippen LogP contribution >= 0.6 is 0 Å². The molecular weight excluding hydrogens is 322 g/mol. The number of nitrogens with one attached hydrogen (secondary N) is 1. The molecule has 24 heavy (non-hydrogen) atoms. The summed E-state index contributed by atoms with van der Waals surface area (Å²) >= 11 is 0. The van der Waals surface area contributed by atoms with Gasteiger partial charge in [-0.05, 0) is 28.5 Å². The number of hydrogen-bond donors (Lipinski definition) is 1. The molecule has 0 heterocycles. The summed E-state index contributed by atoms with van der Waals surface area (Å²) in [5.74, 6) is -0.396. The topological polar surface area (TPSA) is 63.2 Å². The van der Waals surface area contributed by atoms with Crippen molar-refractivity contribution in [3.63, 3.8) is 0 Å². The standard InChI is InChI=1S/C19H17NO3S/c1-14(21)20-19(24(22,23)16-10-3-2-4-11-16)18-13-7-9-15-8-5-6-12-17(15)18/h2-13,19H,1H3,(H,20,21). The maximum absolute atomic E-state index is 13.1. The smallest absolute Gasteiger partial charge is 0.218 e. The first-order valence-electron chi connectivity index (χ1n) is 7.54. The molecule has 0 aliphatic rings. The fourth-order valence-electron chi connectivity index (χ4n) is 2.73. The van der Waals surface area contributed by atoms with Crippen LogP contribution in [0.15, 0.2) is 77.7 Å². The lowest BCUT2D eigenvalue weighted by Crippen LogP contribution is -2.32. The van der Waals surface area contributed by atoms with E-state index in [4.69, 9.17) is 0 Å². The Labute approximate surface area is 141 Å². The maximum Gasteiger partial charge on any atom is 0.218 e. The summed E-state index contributed by atoms with van der Waals surface area (Å²) in [5.41, 5.74) is 0.562. The summed E-state index contributed by atoms with van der Waals surface area (Å²) in [6, 6.07) is 21.1. The molecule has 0 aliphatic heterocycles. The van der Waals surface area contributed by atoms with E-state index in [9.17, 15) is 13.2 Å². The molecule has 3 aromatic carbocycles. The fourth-order valence-corrected chi connectivity index (χ4v) is 4.40. The Kier molecular flexibility index (Phi) is 4.36. The first-order chi connectivity index (χ1) is 11.5. The van der Waals surface area contributed by atoms with Crippen LogP contribution in [-0.2, 0) is 14.6 Å². The predicted molar refractivity (Wildman–Crippen MR) is 94.1 cm³/mol. The van der Waals surface area contributed by atoms with Crippen LogP contribution in [0.3, 0.4) is 0 Å². The largest absolute Gasteiger partial charge is 0.336 e. The first-order valence-corrected chi connectivity index (χ1v) is 9.08. The van der Waals surface area contributed by atoms with Crippen molar-refractivity contribution in [3.8, 4) is 0 Å². The Hall–Kier alpha value is -2.66. The molecule has 3 rings (SSSR count). The number of benzene rings is 3. The lowest BCUT2D eigenvalue weighted by molar-refractivity contribution is -0.119. The number of rotatable bonds is 4. The number of fused-ring (bicyclic) bond motifs is 1. The molecule has 5 heteroatoms. The molecule has 3 aromatic rings. The molecule has 0 fully saturated rings. The van der Waals surface area contributed by atoms with Crippen LogP contribution in [0.5, 0.6) is 0 Å². The van der Waals surface area contributed by atoms with E-state index in [1.54, 1.807) is 30.3 Å². The van der Waals surface area contributed by atoms with Crippen molar-refractivity contribution in [2.75, 3.05) is 0 Å². The van der Waals surface area contributed by atoms with Crippen molar-refractivity contribution >= 4 is 26.5 Å². The van der Waals surface area contributed by atoms with Gasteiger partial charge < -0.3 is 5.32 Å².